The largest absolute Gasteiger partial charge is 0.406 e. The molecule has 0 radical (unpaired) electrons. The molecular formula is C9H8Cl2N4O. The third kappa shape index (κ3) is 2.44. The number of aromatic nitrogens is 2. The van der Waals surface area contributed by atoms with Crippen molar-refractivity contribution in [2.24, 2.45) is 5.73 Å². The quantitative estimate of drug-likeness (QED) is 0.885. The van der Waals surface area contributed by atoms with Gasteiger partial charge in [-0.05, 0) is 18.2 Å². The van der Waals surface area contributed by atoms with Gasteiger partial charge in [-0.25, -0.2) is 0 Å². The van der Waals surface area contributed by atoms with Gasteiger partial charge < -0.3 is 15.5 Å². The molecular weight excluding hydrogens is 251 g/mol. The zero-order valence-electron chi connectivity index (χ0n) is 8.08. The molecule has 16 heavy (non-hydrogen) atoms. The van der Waals surface area contributed by atoms with Crippen molar-refractivity contribution in [2.45, 2.75) is 6.54 Å². The monoisotopic (exact) mass is 258 g/mol. The van der Waals surface area contributed by atoms with Crippen molar-refractivity contribution < 1.29 is 4.42 Å². The molecule has 84 valence electrons. The average Bonchev–Trinajstić information content (AvgIpc) is 2.71. The Hall–Kier alpha value is -1.30. The summed E-state index contributed by atoms with van der Waals surface area (Å²) < 4.78 is 5.17. The topological polar surface area (TPSA) is 77.0 Å². The van der Waals surface area contributed by atoms with Crippen LogP contribution in [0, 0.1) is 0 Å². The van der Waals surface area contributed by atoms with E-state index in [4.69, 9.17) is 33.4 Å². The van der Waals surface area contributed by atoms with Crippen LogP contribution in [0.2, 0.25) is 10.0 Å². The predicted octanol–water partition coefficient (Wildman–Crippen LogP) is 2.58. The van der Waals surface area contributed by atoms with Crippen LogP contribution in [-0.2, 0) is 6.54 Å². The van der Waals surface area contributed by atoms with E-state index in [0.29, 0.717) is 21.6 Å². The second kappa shape index (κ2) is 4.69. The van der Waals surface area contributed by atoms with Gasteiger partial charge in [0.25, 0.3) is 0 Å². The fourth-order valence-corrected chi connectivity index (χ4v) is 1.43. The van der Waals surface area contributed by atoms with Gasteiger partial charge in [-0.15, -0.1) is 5.10 Å². The summed E-state index contributed by atoms with van der Waals surface area (Å²) in [5, 5.41) is 11.4. The fourth-order valence-electron chi connectivity index (χ4n) is 1.10. The van der Waals surface area contributed by atoms with Gasteiger partial charge in [-0.2, -0.15) is 0 Å². The SMILES string of the molecule is NCc1nnc(Nc2cc(Cl)ccc2Cl)o1. The van der Waals surface area contributed by atoms with E-state index in [2.05, 4.69) is 15.5 Å². The summed E-state index contributed by atoms with van der Waals surface area (Å²) >= 11 is 11.8. The number of halogens is 2. The number of nitrogens with one attached hydrogen (secondary N) is 1. The van der Waals surface area contributed by atoms with E-state index in [9.17, 15) is 0 Å². The zero-order chi connectivity index (χ0) is 11.5. The van der Waals surface area contributed by atoms with Gasteiger partial charge in [-0.1, -0.05) is 28.3 Å². The summed E-state index contributed by atoms with van der Waals surface area (Å²) in [7, 11) is 0. The Morgan fingerprint density at radius 3 is 2.81 bits per heavy atom. The minimum absolute atomic E-state index is 0.192. The second-order valence-corrected chi connectivity index (χ2v) is 3.80. The summed E-state index contributed by atoms with van der Waals surface area (Å²) in [5.41, 5.74) is 5.94. The Morgan fingerprint density at radius 2 is 2.12 bits per heavy atom. The summed E-state index contributed by atoms with van der Waals surface area (Å²) in [6, 6.07) is 5.25. The maximum absolute atomic E-state index is 5.95. The molecule has 1 heterocycles. The number of hydrogen-bond acceptors (Lipinski definition) is 5. The zero-order valence-corrected chi connectivity index (χ0v) is 9.59. The van der Waals surface area contributed by atoms with Crippen LogP contribution in [0.4, 0.5) is 11.7 Å². The Morgan fingerprint density at radius 1 is 1.31 bits per heavy atom. The Kier molecular flexibility index (Phi) is 3.28. The lowest BCUT2D eigenvalue weighted by atomic mass is 10.3. The van der Waals surface area contributed by atoms with Crippen LogP contribution in [0.25, 0.3) is 0 Å². The molecule has 3 N–H and O–H groups in total. The van der Waals surface area contributed by atoms with Gasteiger partial charge in [0.2, 0.25) is 5.89 Å². The molecule has 0 unspecified atom stereocenters. The van der Waals surface area contributed by atoms with Crippen LogP contribution in [0.3, 0.4) is 0 Å². The van der Waals surface area contributed by atoms with Gasteiger partial charge in [0.05, 0.1) is 17.3 Å². The third-order valence-electron chi connectivity index (χ3n) is 1.81. The predicted molar refractivity (Wildman–Crippen MR) is 61.9 cm³/mol. The Bertz CT molecular complexity index is 500. The van der Waals surface area contributed by atoms with Crippen LogP contribution in [0.5, 0.6) is 0 Å². The second-order valence-electron chi connectivity index (χ2n) is 2.95. The molecule has 5 nitrogen and oxygen atoms in total. The van der Waals surface area contributed by atoms with E-state index in [-0.39, 0.29) is 12.6 Å². The van der Waals surface area contributed by atoms with Crippen molar-refractivity contribution in [3.05, 3.63) is 34.1 Å². The molecule has 7 heteroatoms. The van der Waals surface area contributed by atoms with Crippen LogP contribution < -0.4 is 11.1 Å². The van der Waals surface area contributed by atoms with E-state index in [1.165, 1.54) is 0 Å². The third-order valence-corrected chi connectivity index (χ3v) is 2.38. The number of anilines is 2. The highest BCUT2D eigenvalue weighted by molar-refractivity contribution is 6.35. The summed E-state index contributed by atoms with van der Waals surface area (Å²) in [6.07, 6.45) is 0. The molecule has 2 rings (SSSR count). The van der Waals surface area contributed by atoms with Crippen LogP contribution in [0.15, 0.2) is 22.6 Å². The van der Waals surface area contributed by atoms with Crippen molar-refractivity contribution in [2.75, 3.05) is 5.32 Å². The highest BCUT2D eigenvalue weighted by Crippen LogP contribution is 2.27. The molecule has 0 aliphatic rings. The van der Waals surface area contributed by atoms with Gasteiger partial charge in [0, 0.05) is 5.02 Å². The first-order valence-electron chi connectivity index (χ1n) is 4.43. The molecule has 0 atom stereocenters. The first-order valence-corrected chi connectivity index (χ1v) is 5.19. The van der Waals surface area contributed by atoms with Crippen LogP contribution in [-0.4, -0.2) is 10.2 Å². The van der Waals surface area contributed by atoms with E-state index in [0.717, 1.165) is 0 Å². The number of nitrogens with two attached hydrogens (primary N) is 1. The van der Waals surface area contributed by atoms with E-state index >= 15 is 0 Å². The fraction of sp³-hybridized carbons (Fsp3) is 0.111. The van der Waals surface area contributed by atoms with Crippen molar-refractivity contribution in [3.8, 4) is 0 Å². The lowest BCUT2D eigenvalue weighted by molar-refractivity contribution is 0.511. The Labute approximate surface area is 102 Å². The van der Waals surface area contributed by atoms with E-state index < -0.39 is 0 Å². The van der Waals surface area contributed by atoms with Gasteiger partial charge >= 0.3 is 6.01 Å². The lowest BCUT2D eigenvalue weighted by Gasteiger charge is -2.03. The number of nitrogens with zero attached hydrogens (tertiary/aromatic N) is 2. The first-order chi connectivity index (χ1) is 7.69. The van der Waals surface area contributed by atoms with Crippen molar-refractivity contribution in [3.63, 3.8) is 0 Å². The van der Waals surface area contributed by atoms with Gasteiger partial charge in [0.15, 0.2) is 0 Å². The normalized spacial score (nSPS) is 10.4. The van der Waals surface area contributed by atoms with Crippen LogP contribution >= 0.6 is 23.2 Å². The standard InChI is InChI=1S/C9H8Cl2N4O/c10-5-1-2-6(11)7(3-5)13-9-15-14-8(4-12)16-9/h1-3H,4,12H2,(H,13,15). The molecule has 0 bridgehead atoms. The molecule has 1 aromatic heterocycles. The molecule has 0 aliphatic carbocycles. The minimum Gasteiger partial charge on any atom is -0.406 e. The molecule has 0 saturated carbocycles. The number of hydrogen-bond donors (Lipinski definition) is 2. The highest BCUT2D eigenvalue weighted by Gasteiger charge is 2.07. The molecule has 2 aromatic rings. The van der Waals surface area contributed by atoms with Crippen molar-refractivity contribution in [1.82, 2.24) is 10.2 Å². The van der Waals surface area contributed by atoms with E-state index in [1.807, 2.05) is 0 Å². The molecule has 0 fully saturated rings. The van der Waals surface area contributed by atoms with Gasteiger partial charge in [-0.3, -0.25) is 0 Å². The maximum Gasteiger partial charge on any atom is 0.320 e. The summed E-state index contributed by atoms with van der Waals surface area (Å²) in [6.45, 7) is 0.192. The average molecular weight is 259 g/mol. The first kappa shape index (κ1) is 11.2. The van der Waals surface area contributed by atoms with Crippen molar-refractivity contribution >= 4 is 34.9 Å². The number of rotatable bonds is 3. The number of benzene rings is 1. The lowest BCUT2D eigenvalue weighted by Crippen LogP contribution is -1.95. The molecule has 0 amide bonds. The molecule has 0 saturated heterocycles. The highest BCUT2D eigenvalue weighted by atomic mass is 35.5. The van der Waals surface area contributed by atoms with Crippen LogP contribution in [0.1, 0.15) is 5.89 Å². The molecule has 0 spiro atoms. The Balaban J connectivity index is 2.22. The molecule has 1 aromatic carbocycles. The summed E-state index contributed by atoms with van der Waals surface area (Å²) in [5.74, 6) is 0.348. The maximum atomic E-state index is 5.95. The minimum atomic E-state index is 0.192. The van der Waals surface area contributed by atoms with Crippen molar-refractivity contribution in [1.29, 1.82) is 0 Å². The van der Waals surface area contributed by atoms with Gasteiger partial charge in [0.1, 0.15) is 0 Å². The summed E-state index contributed by atoms with van der Waals surface area (Å²) in [4.78, 5) is 0. The van der Waals surface area contributed by atoms with E-state index in [1.54, 1.807) is 18.2 Å². The molecule has 0 aliphatic heterocycles. The smallest absolute Gasteiger partial charge is 0.320 e.